The Hall–Kier alpha value is -1.80. The summed E-state index contributed by atoms with van der Waals surface area (Å²) >= 11 is 2.72. The summed E-state index contributed by atoms with van der Waals surface area (Å²) in [5.74, 6) is 0.239. The van der Waals surface area contributed by atoms with Gasteiger partial charge in [-0.05, 0) is 18.8 Å². The van der Waals surface area contributed by atoms with E-state index in [4.69, 9.17) is 0 Å². The van der Waals surface area contributed by atoms with Crippen LogP contribution in [0.5, 0.6) is 0 Å². The van der Waals surface area contributed by atoms with Crippen molar-refractivity contribution in [1.82, 2.24) is 19.8 Å². The van der Waals surface area contributed by atoms with Gasteiger partial charge in [0.1, 0.15) is 0 Å². The number of thiazole rings is 2. The van der Waals surface area contributed by atoms with Crippen molar-refractivity contribution in [3.05, 3.63) is 33.2 Å². The average molecular weight is 350 g/mol. The second-order valence-corrected chi connectivity index (χ2v) is 7.41. The molecule has 6 nitrogen and oxygen atoms in total. The fourth-order valence-corrected chi connectivity index (χ4v) is 4.06. The Morgan fingerprint density at radius 2 is 1.96 bits per heavy atom. The molecule has 1 fully saturated rings. The highest BCUT2D eigenvalue weighted by molar-refractivity contribution is 7.11. The van der Waals surface area contributed by atoms with E-state index in [0.29, 0.717) is 29.0 Å². The van der Waals surface area contributed by atoms with Gasteiger partial charge in [0.05, 0.1) is 0 Å². The van der Waals surface area contributed by atoms with Crippen LogP contribution in [0.2, 0.25) is 0 Å². The van der Waals surface area contributed by atoms with Gasteiger partial charge in [0.15, 0.2) is 10.0 Å². The first-order chi connectivity index (χ1) is 11.1. The Morgan fingerprint density at radius 1 is 1.26 bits per heavy atom. The lowest BCUT2D eigenvalue weighted by Gasteiger charge is -2.34. The monoisotopic (exact) mass is 350 g/mol. The van der Waals surface area contributed by atoms with Crippen molar-refractivity contribution in [1.29, 1.82) is 0 Å². The maximum atomic E-state index is 12.4. The van der Waals surface area contributed by atoms with Crippen LogP contribution in [0.1, 0.15) is 32.4 Å². The third-order valence-corrected chi connectivity index (χ3v) is 5.44. The lowest BCUT2D eigenvalue weighted by atomic mass is 9.97. The maximum Gasteiger partial charge on any atom is 0.282 e. The Morgan fingerprint density at radius 3 is 2.61 bits per heavy atom. The van der Waals surface area contributed by atoms with Gasteiger partial charge in [0, 0.05) is 49.8 Å². The summed E-state index contributed by atoms with van der Waals surface area (Å²) in [6, 6.07) is 0. The molecule has 8 heteroatoms. The minimum atomic E-state index is -0.0524. The molecule has 3 rings (SSSR count). The smallest absolute Gasteiger partial charge is 0.282 e. The lowest BCUT2D eigenvalue weighted by molar-refractivity contribution is 0.0618. The van der Waals surface area contributed by atoms with Crippen LogP contribution >= 0.6 is 22.7 Å². The normalized spacial score (nSPS) is 18.0. The molecule has 1 aliphatic heterocycles. The average Bonchev–Trinajstić information content (AvgIpc) is 3.27. The molecule has 2 amide bonds. The van der Waals surface area contributed by atoms with Gasteiger partial charge in [-0.15, -0.1) is 22.7 Å². The molecule has 23 heavy (non-hydrogen) atoms. The second-order valence-electron chi connectivity index (χ2n) is 5.62. The van der Waals surface area contributed by atoms with Gasteiger partial charge in [-0.25, -0.2) is 9.97 Å². The van der Waals surface area contributed by atoms with Gasteiger partial charge in [-0.3, -0.25) is 9.59 Å². The highest BCUT2D eigenvalue weighted by Crippen LogP contribution is 2.21. The largest absolute Gasteiger partial charge is 0.339 e. The first-order valence-corrected chi connectivity index (χ1v) is 9.25. The van der Waals surface area contributed by atoms with Crippen LogP contribution in [0.15, 0.2) is 23.2 Å². The second kappa shape index (κ2) is 7.18. The van der Waals surface area contributed by atoms with E-state index in [-0.39, 0.29) is 11.8 Å². The van der Waals surface area contributed by atoms with E-state index in [0.717, 1.165) is 19.4 Å². The van der Waals surface area contributed by atoms with E-state index in [9.17, 15) is 9.59 Å². The van der Waals surface area contributed by atoms with E-state index in [1.165, 1.54) is 22.7 Å². The minimum absolute atomic E-state index is 0.00129. The van der Waals surface area contributed by atoms with E-state index in [2.05, 4.69) is 9.97 Å². The van der Waals surface area contributed by atoms with Crippen molar-refractivity contribution >= 4 is 34.5 Å². The highest BCUT2D eigenvalue weighted by atomic mass is 32.1. The Bertz CT molecular complexity index is 655. The molecule has 2 aromatic rings. The molecule has 0 aromatic carbocycles. The predicted octanol–water partition coefficient (Wildman–Crippen LogP) is 2.22. The van der Waals surface area contributed by atoms with Gasteiger partial charge in [-0.2, -0.15) is 0 Å². The number of piperidine rings is 1. The highest BCUT2D eigenvalue weighted by Gasteiger charge is 2.27. The number of likely N-dealkylation sites (tertiary alicyclic amines) is 1. The number of nitrogens with zero attached hydrogens (tertiary/aromatic N) is 4. The summed E-state index contributed by atoms with van der Waals surface area (Å²) in [6.07, 6.45) is 5.28. The van der Waals surface area contributed by atoms with E-state index < -0.39 is 0 Å². The molecule has 1 saturated heterocycles. The number of amides is 2. The Balaban J connectivity index is 1.58. The SMILES string of the molecule is CN(C[C@@H]1CCCN(C(=O)c2nccs2)C1)C(=O)c1nccs1. The number of aromatic nitrogens is 2. The summed E-state index contributed by atoms with van der Waals surface area (Å²) < 4.78 is 0. The lowest BCUT2D eigenvalue weighted by Crippen LogP contribution is -2.44. The first kappa shape index (κ1) is 16.1. The fraction of sp³-hybridized carbons (Fsp3) is 0.467. The fourth-order valence-electron chi connectivity index (χ4n) is 2.83. The summed E-state index contributed by atoms with van der Waals surface area (Å²) in [5.41, 5.74) is 0. The van der Waals surface area contributed by atoms with Crippen molar-refractivity contribution in [2.24, 2.45) is 5.92 Å². The molecule has 1 atom stereocenters. The van der Waals surface area contributed by atoms with Crippen molar-refractivity contribution in [3.8, 4) is 0 Å². The zero-order chi connectivity index (χ0) is 16.2. The molecular formula is C15H18N4O2S2. The molecule has 1 aliphatic rings. The van der Waals surface area contributed by atoms with Gasteiger partial charge in [0.25, 0.3) is 11.8 Å². The standard InChI is InChI=1S/C15H18N4O2S2/c1-18(14(20)12-16-4-7-22-12)9-11-3-2-6-19(10-11)15(21)13-17-5-8-23-13/h4-5,7-8,11H,2-3,6,9-10H2,1H3/t11-/m0/s1. The van der Waals surface area contributed by atoms with Crippen LogP contribution < -0.4 is 0 Å². The van der Waals surface area contributed by atoms with Crippen LogP contribution in [0.25, 0.3) is 0 Å². The van der Waals surface area contributed by atoms with Crippen molar-refractivity contribution in [2.45, 2.75) is 12.8 Å². The van der Waals surface area contributed by atoms with Crippen molar-refractivity contribution in [2.75, 3.05) is 26.7 Å². The van der Waals surface area contributed by atoms with Gasteiger partial charge in [0.2, 0.25) is 0 Å². The summed E-state index contributed by atoms with van der Waals surface area (Å²) in [7, 11) is 1.80. The van der Waals surface area contributed by atoms with E-state index in [1.807, 2.05) is 10.3 Å². The van der Waals surface area contributed by atoms with Crippen LogP contribution in [-0.2, 0) is 0 Å². The van der Waals surface area contributed by atoms with Crippen molar-refractivity contribution < 1.29 is 9.59 Å². The molecule has 0 unspecified atom stereocenters. The molecule has 0 radical (unpaired) electrons. The number of hydrogen-bond donors (Lipinski definition) is 0. The van der Waals surface area contributed by atoms with E-state index in [1.54, 1.807) is 29.7 Å². The molecule has 0 aliphatic carbocycles. The molecule has 0 N–H and O–H groups in total. The van der Waals surface area contributed by atoms with Gasteiger partial charge >= 0.3 is 0 Å². The van der Waals surface area contributed by atoms with Crippen LogP contribution in [-0.4, -0.2) is 58.3 Å². The maximum absolute atomic E-state index is 12.4. The molecule has 122 valence electrons. The topological polar surface area (TPSA) is 66.4 Å². The Labute approximate surface area is 142 Å². The third-order valence-electron chi connectivity index (χ3n) is 3.92. The summed E-state index contributed by atoms with van der Waals surface area (Å²) in [4.78, 5) is 36.4. The van der Waals surface area contributed by atoms with Crippen LogP contribution in [0.4, 0.5) is 0 Å². The minimum Gasteiger partial charge on any atom is -0.339 e. The predicted molar refractivity (Wildman–Crippen MR) is 89.8 cm³/mol. The molecule has 0 bridgehead atoms. The quantitative estimate of drug-likeness (QED) is 0.848. The van der Waals surface area contributed by atoms with Crippen LogP contribution in [0, 0.1) is 5.92 Å². The molecule has 0 spiro atoms. The summed E-state index contributed by atoms with van der Waals surface area (Å²) in [5, 5.41) is 4.67. The molecule has 2 aromatic heterocycles. The van der Waals surface area contributed by atoms with Crippen molar-refractivity contribution in [3.63, 3.8) is 0 Å². The zero-order valence-electron chi connectivity index (χ0n) is 12.8. The van der Waals surface area contributed by atoms with Crippen LogP contribution in [0.3, 0.4) is 0 Å². The number of hydrogen-bond acceptors (Lipinski definition) is 6. The number of carbonyl (C=O) groups excluding carboxylic acids is 2. The van der Waals surface area contributed by atoms with Gasteiger partial charge in [-0.1, -0.05) is 0 Å². The van der Waals surface area contributed by atoms with Gasteiger partial charge < -0.3 is 9.80 Å². The first-order valence-electron chi connectivity index (χ1n) is 7.49. The summed E-state index contributed by atoms with van der Waals surface area (Å²) in [6.45, 7) is 2.08. The van der Waals surface area contributed by atoms with E-state index >= 15 is 0 Å². The molecule has 3 heterocycles. The number of carbonyl (C=O) groups is 2. The molecular weight excluding hydrogens is 332 g/mol. The molecule has 0 saturated carbocycles. The number of rotatable bonds is 4. The third kappa shape index (κ3) is 3.76. The Kier molecular flexibility index (Phi) is 5.02. The zero-order valence-corrected chi connectivity index (χ0v) is 14.5.